The molecule has 6 heteroatoms. The average molecular weight is 276 g/mol. The van der Waals surface area contributed by atoms with Crippen LogP contribution in [0.4, 0.5) is 0 Å². The topological polar surface area (TPSA) is 67.2 Å². The number of fused-ring (bicyclic) bond motifs is 1. The van der Waals surface area contributed by atoms with Gasteiger partial charge in [-0.25, -0.2) is 0 Å². The van der Waals surface area contributed by atoms with Crippen molar-refractivity contribution in [2.24, 2.45) is 5.92 Å². The molecule has 6 nitrogen and oxygen atoms in total. The van der Waals surface area contributed by atoms with Gasteiger partial charge in [-0.3, -0.25) is 14.3 Å². The largest absolute Gasteiger partial charge is 0.351 e. The molecular formula is C14H20N4O2. The molecule has 1 saturated carbocycles. The third-order valence-corrected chi connectivity index (χ3v) is 3.83. The molecule has 0 aromatic carbocycles. The van der Waals surface area contributed by atoms with Gasteiger partial charge in [-0.05, 0) is 18.9 Å². The first-order chi connectivity index (χ1) is 9.56. The molecule has 1 N–H and O–H groups in total. The van der Waals surface area contributed by atoms with E-state index in [0.29, 0.717) is 19.1 Å². The highest BCUT2D eigenvalue weighted by Gasteiger charge is 2.35. The lowest BCUT2D eigenvalue weighted by atomic mass is 10.1. The summed E-state index contributed by atoms with van der Waals surface area (Å²) in [6.45, 7) is 4.70. The van der Waals surface area contributed by atoms with Gasteiger partial charge in [-0.15, -0.1) is 0 Å². The van der Waals surface area contributed by atoms with E-state index in [0.717, 1.165) is 18.5 Å². The quantitative estimate of drug-likeness (QED) is 0.883. The van der Waals surface area contributed by atoms with Crippen molar-refractivity contribution in [1.29, 1.82) is 0 Å². The minimum atomic E-state index is -0.406. The zero-order valence-corrected chi connectivity index (χ0v) is 11.9. The van der Waals surface area contributed by atoms with Crippen molar-refractivity contribution in [2.45, 2.75) is 45.3 Å². The van der Waals surface area contributed by atoms with E-state index in [9.17, 15) is 9.59 Å². The molecule has 2 aliphatic rings. The van der Waals surface area contributed by atoms with Gasteiger partial charge in [-0.1, -0.05) is 13.8 Å². The highest BCUT2D eigenvalue weighted by molar-refractivity contribution is 5.83. The summed E-state index contributed by atoms with van der Waals surface area (Å²) in [7, 11) is 0. The highest BCUT2D eigenvalue weighted by atomic mass is 16.2. The zero-order valence-electron chi connectivity index (χ0n) is 11.9. The van der Waals surface area contributed by atoms with Crippen LogP contribution in [0.3, 0.4) is 0 Å². The smallest absolute Gasteiger partial charge is 0.246 e. The summed E-state index contributed by atoms with van der Waals surface area (Å²) in [4.78, 5) is 26.3. The van der Waals surface area contributed by atoms with Gasteiger partial charge in [0.25, 0.3) is 0 Å². The Labute approximate surface area is 118 Å². The van der Waals surface area contributed by atoms with E-state index in [4.69, 9.17) is 0 Å². The predicted octanol–water partition coefficient (Wildman–Crippen LogP) is 0.701. The van der Waals surface area contributed by atoms with Crippen LogP contribution < -0.4 is 5.32 Å². The lowest BCUT2D eigenvalue weighted by Gasteiger charge is -2.34. The first-order valence-electron chi connectivity index (χ1n) is 7.18. The number of nitrogens with one attached hydrogen (secondary N) is 1. The van der Waals surface area contributed by atoms with E-state index in [1.54, 1.807) is 15.8 Å². The van der Waals surface area contributed by atoms with Crippen molar-refractivity contribution in [1.82, 2.24) is 20.0 Å². The maximum absolute atomic E-state index is 12.3. The molecule has 1 atom stereocenters. The third-order valence-electron chi connectivity index (χ3n) is 3.83. The van der Waals surface area contributed by atoms with Gasteiger partial charge in [0.2, 0.25) is 11.8 Å². The van der Waals surface area contributed by atoms with E-state index < -0.39 is 6.04 Å². The SMILES string of the molecule is CC(C)C(=O)N1Cc2ccnn2C(C(=O)NC2CC2)C1. The number of carbonyl (C=O) groups is 2. The fourth-order valence-electron chi connectivity index (χ4n) is 2.55. The minimum absolute atomic E-state index is 0.0290. The summed E-state index contributed by atoms with van der Waals surface area (Å²) in [5.41, 5.74) is 0.918. The van der Waals surface area contributed by atoms with Gasteiger partial charge < -0.3 is 10.2 Å². The fraction of sp³-hybridized carbons (Fsp3) is 0.643. The number of hydrogen-bond donors (Lipinski definition) is 1. The van der Waals surface area contributed by atoms with Gasteiger partial charge in [0.1, 0.15) is 6.04 Å². The van der Waals surface area contributed by atoms with Crippen molar-refractivity contribution in [2.75, 3.05) is 6.54 Å². The monoisotopic (exact) mass is 276 g/mol. The van der Waals surface area contributed by atoms with Crippen LogP contribution in [0.1, 0.15) is 38.4 Å². The maximum Gasteiger partial charge on any atom is 0.246 e. The Morgan fingerprint density at radius 2 is 2.15 bits per heavy atom. The second-order valence-electron chi connectivity index (χ2n) is 5.94. The zero-order chi connectivity index (χ0) is 14.3. The first kappa shape index (κ1) is 13.1. The number of amides is 2. The van der Waals surface area contributed by atoms with E-state index >= 15 is 0 Å². The first-order valence-corrected chi connectivity index (χ1v) is 7.18. The highest BCUT2D eigenvalue weighted by Crippen LogP contribution is 2.24. The molecule has 0 bridgehead atoms. The molecule has 3 rings (SSSR count). The Balaban J connectivity index is 1.81. The molecule has 0 saturated heterocycles. The Bertz CT molecular complexity index is 533. The predicted molar refractivity (Wildman–Crippen MR) is 72.7 cm³/mol. The summed E-state index contributed by atoms with van der Waals surface area (Å²) >= 11 is 0. The van der Waals surface area contributed by atoms with Crippen LogP contribution in [0.2, 0.25) is 0 Å². The normalized spacial score (nSPS) is 21.8. The average Bonchev–Trinajstić information content (AvgIpc) is 3.10. The second kappa shape index (κ2) is 4.92. The van der Waals surface area contributed by atoms with Crippen molar-refractivity contribution in [3.8, 4) is 0 Å². The Morgan fingerprint density at radius 3 is 2.80 bits per heavy atom. The molecular weight excluding hydrogens is 256 g/mol. The van der Waals surface area contributed by atoms with Gasteiger partial charge in [0, 0.05) is 18.2 Å². The summed E-state index contributed by atoms with van der Waals surface area (Å²) in [6.07, 6.45) is 3.80. The molecule has 1 aliphatic heterocycles. The molecule has 1 fully saturated rings. The van der Waals surface area contributed by atoms with Crippen LogP contribution in [0, 0.1) is 5.92 Å². The molecule has 1 aliphatic carbocycles. The fourth-order valence-corrected chi connectivity index (χ4v) is 2.55. The van der Waals surface area contributed by atoms with Crippen molar-refractivity contribution in [3.63, 3.8) is 0 Å². The molecule has 0 radical (unpaired) electrons. The van der Waals surface area contributed by atoms with Gasteiger partial charge in [0.15, 0.2) is 0 Å². The minimum Gasteiger partial charge on any atom is -0.351 e. The molecule has 1 unspecified atom stereocenters. The standard InChI is InChI=1S/C14H20N4O2/c1-9(2)14(20)17-7-11-5-6-15-18(11)12(8-17)13(19)16-10-3-4-10/h5-6,9-10,12H,3-4,7-8H2,1-2H3,(H,16,19). The molecule has 2 heterocycles. The van der Waals surface area contributed by atoms with E-state index in [-0.39, 0.29) is 17.7 Å². The number of aromatic nitrogens is 2. The second-order valence-corrected chi connectivity index (χ2v) is 5.94. The Hall–Kier alpha value is -1.85. The van der Waals surface area contributed by atoms with Crippen LogP contribution >= 0.6 is 0 Å². The summed E-state index contributed by atoms with van der Waals surface area (Å²) in [6, 6.07) is 1.78. The lowest BCUT2D eigenvalue weighted by Crippen LogP contribution is -2.48. The third kappa shape index (κ3) is 2.42. The van der Waals surface area contributed by atoms with Crippen molar-refractivity contribution >= 4 is 11.8 Å². The molecule has 108 valence electrons. The van der Waals surface area contributed by atoms with E-state index in [1.807, 2.05) is 19.9 Å². The van der Waals surface area contributed by atoms with Crippen molar-refractivity contribution in [3.05, 3.63) is 18.0 Å². The molecule has 1 aromatic heterocycles. The molecule has 2 amide bonds. The van der Waals surface area contributed by atoms with E-state index in [1.165, 1.54) is 0 Å². The van der Waals surface area contributed by atoms with Gasteiger partial charge in [-0.2, -0.15) is 5.10 Å². The van der Waals surface area contributed by atoms with Crippen LogP contribution in [-0.4, -0.2) is 39.1 Å². The van der Waals surface area contributed by atoms with Gasteiger partial charge in [0.05, 0.1) is 18.8 Å². The Kier molecular flexibility index (Phi) is 3.23. The maximum atomic E-state index is 12.3. The molecule has 20 heavy (non-hydrogen) atoms. The number of nitrogens with zero attached hydrogens (tertiary/aromatic N) is 3. The van der Waals surface area contributed by atoms with Gasteiger partial charge >= 0.3 is 0 Å². The molecule has 1 aromatic rings. The number of rotatable bonds is 3. The van der Waals surface area contributed by atoms with Crippen LogP contribution in [-0.2, 0) is 16.1 Å². The Morgan fingerprint density at radius 1 is 1.40 bits per heavy atom. The van der Waals surface area contributed by atoms with Crippen molar-refractivity contribution < 1.29 is 9.59 Å². The number of carbonyl (C=O) groups excluding carboxylic acids is 2. The van der Waals surface area contributed by atoms with Crippen LogP contribution in [0.15, 0.2) is 12.3 Å². The van der Waals surface area contributed by atoms with Crippen LogP contribution in [0.25, 0.3) is 0 Å². The molecule has 0 spiro atoms. The summed E-state index contributed by atoms with van der Waals surface area (Å²) < 4.78 is 1.75. The lowest BCUT2D eigenvalue weighted by molar-refractivity contribution is -0.138. The van der Waals surface area contributed by atoms with Crippen LogP contribution in [0.5, 0.6) is 0 Å². The number of hydrogen-bond acceptors (Lipinski definition) is 3. The summed E-state index contributed by atoms with van der Waals surface area (Å²) in [5.74, 6) is -0.00278. The van der Waals surface area contributed by atoms with E-state index in [2.05, 4.69) is 10.4 Å². The summed E-state index contributed by atoms with van der Waals surface area (Å²) in [5, 5.41) is 7.25.